The van der Waals surface area contributed by atoms with Crippen molar-refractivity contribution in [3.63, 3.8) is 0 Å². The quantitative estimate of drug-likeness (QED) is 0.786. The van der Waals surface area contributed by atoms with Crippen LogP contribution in [0.25, 0.3) is 0 Å². The molecule has 17 heavy (non-hydrogen) atoms. The fourth-order valence-electron chi connectivity index (χ4n) is 1.89. The molecule has 0 spiro atoms. The van der Waals surface area contributed by atoms with Crippen molar-refractivity contribution in [1.29, 1.82) is 0 Å². The predicted octanol–water partition coefficient (Wildman–Crippen LogP) is 4.28. The predicted molar refractivity (Wildman–Crippen MR) is 71.8 cm³/mol. The van der Waals surface area contributed by atoms with E-state index in [0.29, 0.717) is 0 Å². The van der Waals surface area contributed by atoms with Crippen molar-refractivity contribution in [1.82, 2.24) is 0 Å². The van der Waals surface area contributed by atoms with Gasteiger partial charge in [-0.1, -0.05) is 34.1 Å². The van der Waals surface area contributed by atoms with Gasteiger partial charge in [-0.15, -0.1) is 0 Å². The van der Waals surface area contributed by atoms with E-state index in [1.165, 1.54) is 11.1 Å². The Morgan fingerprint density at radius 2 is 2.06 bits per heavy atom. The molecule has 0 fully saturated rings. The van der Waals surface area contributed by atoms with Crippen LogP contribution in [0.5, 0.6) is 5.75 Å². The summed E-state index contributed by atoms with van der Waals surface area (Å²) in [6.45, 7) is 1.98. The topological polar surface area (TPSA) is 22.4 Å². The number of hydrogen-bond acceptors (Lipinski definition) is 2. The van der Waals surface area contributed by atoms with E-state index in [-0.39, 0.29) is 4.83 Å². The molecule has 0 aliphatic rings. The maximum Gasteiger partial charge on any atom is 0.122 e. The van der Waals surface area contributed by atoms with Crippen LogP contribution in [0.4, 0.5) is 0 Å². The van der Waals surface area contributed by atoms with Gasteiger partial charge in [-0.3, -0.25) is 0 Å². The van der Waals surface area contributed by atoms with E-state index in [0.717, 1.165) is 17.9 Å². The Bertz CT molecular complexity index is 490. The molecule has 0 saturated heterocycles. The molecule has 0 radical (unpaired) electrons. The number of rotatable bonds is 4. The normalized spacial score (nSPS) is 12.4. The lowest BCUT2D eigenvalue weighted by molar-refractivity contribution is 0.409. The van der Waals surface area contributed by atoms with E-state index in [9.17, 15) is 0 Å². The van der Waals surface area contributed by atoms with Crippen LogP contribution in [0.15, 0.2) is 41.0 Å². The van der Waals surface area contributed by atoms with E-state index in [1.807, 2.05) is 31.2 Å². The minimum absolute atomic E-state index is 0.248. The zero-order chi connectivity index (χ0) is 12.3. The second-order valence-corrected chi connectivity index (χ2v) is 5.02. The first kappa shape index (κ1) is 12.2. The van der Waals surface area contributed by atoms with Crippen LogP contribution in [-0.2, 0) is 6.42 Å². The lowest BCUT2D eigenvalue weighted by Gasteiger charge is -2.12. The third kappa shape index (κ3) is 2.72. The van der Waals surface area contributed by atoms with Crippen LogP contribution in [-0.4, -0.2) is 7.11 Å². The van der Waals surface area contributed by atoms with Crippen LogP contribution < -0.4 is 4.74 Å². The molecule has 0 amide bonds. The summed E-state index contributed by atoms with van der Waals surface area (Å²) in [4.78, 5) is 0.248. The lowest BCUT2D eigenvalue weighted by atomic mass is 10.0. The van der Waals surface area contributed by atoms with Gasteiger partial charge in [0.15, 0.2) is 0 Å². The van der Waals surface area contributed by atoms with Crippen molar-refractivity contribution < 1.29 is 9.15 Å². The summed E-state index contributed by atoms with van der Waals surface area (Å²) in [7, 11) is 1.70. The molecular weight excluding hydrogens is 280 g/mol. The number of alkyl halides is 1. The fourth-order valence-corrected chi connectivity index (χ4v) is 2.72. The summed E-state index contributed by atoms with van der Waals surface area (Å²) in [5, 5.41) is 0. The highest BCUT2D eigenvalue weighted by atomic mass is 79.9. The standard InChI is InChI=1S/C14H15BrO2/c1-10-12(7-8-17-10)13(15)9-11-5-3-4-6-14(11)16-2/h3-8,13H,9H2,1-2H3. The fraction of sp³-hybridized carbons (Fsp3) is 0.286. The second-order valence-electron chi connectivity index (χ2n) is 3.92. The smallest absolute Gasteiger partial charge is 0.122 e. The van der Waals surface area contributed by atoms with Gasteiger partial charge in [-0.25, -0.2) is 0 Å². The van der Waals surface area contributed by atoms with E-state index in [4.69, 9.17) is 9.15 Å². The maximum atomic E-state index is 5.35. The monoisotopic (exact) mass is 294 g/mol. The van der Waals surface area contributed by atoms with Crippen LogP contribution in [0, 0.1) is 6.92 Å². The minimum Gasteiger partial charge on any atom is -0.496 e. The maximum absolute atomic E-state index is 5.35. The third-order valence-electron chi connectivity index (χ3n) is 2.83. The van der Waals surface area contributed by atoms with Gasteiger partial charge in [0.1, 0.15) is 11.5 Å². The molecule has 2 nitrogen and oxygen atoms in total. The van der Waals surface area contributed by atoms with Crippen LogP contribution in [0.1, 0.15) is 21.7 Å². The molecule has 1 atom stereocenters. The summed E-state index contributed by atoms with van der Waals surface area (Å²) < 4.78 is 10.7. The van der Waals surface area contributed by atoms with Gasteiger partial charge in [0.2, 0.25) is 0 Å². The van der Waals surface area contributed by atoms with Crippen molar-refractivity contribution in [2.75, 3.05) is 7.11 Å². The van der Waals surface area contributed by atoms with E-state index >= 15 is 0 Å². The molecule has 0 aliphatic heterocycles. The highest BCUT2D eigenvalue weighted by Gasteiger charge is 2.15. The number of aryl methyl sites for hydroxylation is 1. The van der Waals surface area contributed by atoms with Gasteiger partial charge in [0.25, 0.3) is 0 Å². The zero-order valence-electron chi connectivity index (χ0n) is 9.94. The zero-order valence-corrected chi connectivity index (χ0v) is 11.5. The largest absolute Gasteiger partial charge is 0.496 e. The number of benzene rings is 1. The molecular formula is C14H15BrO2. The molecule has 2 aromatic rings. The SMILES string of the molecule is COc1ccccc1CC(Br)c1ccoc1C. The van der Waals surface area contributed by atoms with Crippen molar-refractivity contribution in [2.45, 2.75) is 18.2 Å². The summed E-state index contributed by atoms with van der Waals surface area (Å²) in [5.74, 6) is 1.89. The number of ether oxygens (including phenoxy) is 1. The Morgan fingerprint density at radius 3 is 2.71 bits per heavy atom. The third-order valence-corrected chi connectivity index (χ3v) is 3.65. The highest BCUT2D eigenvalue weighted by Crippen LogP contribution is 2.32. The molecule has 1 aromatic carbocycles. The number of hydrogen-bond donors (Lipinski definition) is 0. The van der Waals surface area contributed by atoms with E-state index in [2.05, 4.69) is 22.0 Å². The van der Waals surface area contributed by atoms with Crippen LogP contribution in [0.2, 0.25) is 0 Å². The molecule has 0 bridgehead atoms. The molecule has 1 aromatic heterocycles. The van der Waals surface area contributed by atoms with Gasteiger partial charge in [0, 0.05) is 10.4 Å². The van der Waals surface area contributed by atoms with Gasteiger partial charge < -0.3 is 9.15 Å². The number of para-hydroxylation sites is 1. The highest BCUT2D eigenvalue weighted by molar-refractivity contribution is 9.09. The average molecular weight is 295 g/mol. The van der Waals surface area contributed by atoms with Gasteiger partial charge in [0.05, 0.1) is 13.4 Å². The molecule has 1 unspecified atom stereocenters. The molecule has 2 rings (SSSR count). The number of furan rings is 1. The second kappa shape index (κ2) is 5.41. The lowest BCUT2D eigenvalue weighted by Crippen LogP contribution is -1.98. The molecule has 0 N–H and O–H groups in total. The molecule has 0 saturated carbocycles. The number of methoxy groups -OCH3 is 1. The Hall–Kier alpha value is -1.22. The average Bonchev–Trinajstić information content (AvgIpc) is 2.76. The first-order valence-electron chi connectivity index (χ1n) is 5.52. The number of halogens is 1. The van der Waals surface area contributed by atoms with Gasteiger partial charge in [-0.05, 0) is 31.0 Å². The van der Waals surface area contributed by atoms with Crippen LogP contribution >= 0.6 is 15.9 Å². The van der Waals surface area contributed by atoms with Crippen molar-refractivity contribution in [3.05, 3.63) is 53.5 Å². The van der Waals surface area contributed by atoms with Crippen molar-refractivity contribution in [2.24, 2.45) is 0 Å². The molecule has 1 heterocycles. The summed E-state index contributed by atoms with van der Waals surface area (Å²) in [5.41, 5.74) is 2.38. The van der Waals surface area contributed by atoms with E-state index in [1.54, 1.807) is 13.4 Å². The van der Waals surface area contributed by atoms with E-state index < -0.39 is 0 Å². The van der Waals surface area contributed by atoms with Gasteiger partial charge >= 0.3 is 0 Å². The van der Waals surface area contributed by atoms with Crippen molar-refractivity contribution in [3.8, 4) is 5.75 Å². The summed E-state index contributed by atoms with van der Waals surface area (Å²) in [6, 6.07) is 10.1. The first-order valence-corrected chi connectivity index (χ1v) is 6.44. The first-order chi connectivity index (χ1) is 8.22. The molecule has 90 valence electrons. The Balaban J connectivity index is 2.18. The van der Waals surface area contributed by atoms with Crippen LogP contribution in [0.3, 0.4) is 0 Å². The minimum atomic E-state index is 0.248. The van der Waals surface area contributed by atoms with Crippen molar-refractivity contribution >= 4 is 15.9 Å². The molecule has 3 heteroatoms. The van der Waals surface area contributed by atoms with Gasteiger partial charge in [-0.2, -0.15) is 0 Å². The Morgan fingerprint density at radius 1 is 1.29 bits per heavy atom. The molecule has 0 aliphatic carbocycles. The Kier molecular flexibility index (Phi) is 3.89. The Labute approximate surface area is 110 Å². The summed E-state index contributed by atoms with van der Waals surface area (Å²) in [6.07, 6.45) is 2.60. The summed E-state index contributed by atoms with van der Waals surface area (Å²) >= 11 is 3.70.